The van der Waals surface area contributed by atoms with Crippen LogP contribution in [0.25, 0.3) is 43.1 Å². The number of anilines is 3. The highest BCUT2D eigenvalue weighted by atomic mass is 15.2. The van der Waals surface area contributed by atoms with Gasteiger partial charge in [0, 0.05) is 28.9 Å². The molecule has 0 aliphatic rings. The van der Waals surface area contributed by atoms with Gasteiger partial charge in [-0.15, -0.1) is 0 Å². The monoisotopic (exact) mass is 587 g/mol. The van der Waals surface area contributed by atoms with E-state index in [1.54, 1.807) is 0 Å². The summed E-state index contributed by atoms with van der Waals surface area (Å²) in [5.74, 6) is 0.858. The van der Waals surface area contributed by atoms with Crippen LogP contribution in [0, 0.1) is 0 Å². The zero-order chi connectivity index (χ0) is 30.5. The molecule has 2 heterocycles. The van der Waals surface area contributed by atoms with Crippen LogP contribution in [-0.2, 0) is 0 Å². The average Bonchev–Trinajstić information content (AvgIpc) is 3.13. The fourth-order valence-electron chi connectivity index (χ4n) is 7.31. The Hall–Kier alpha value is -6.06. The maximum atomic E-state index is 4.91. The fraction of sp³-hybridized carbons (Fsp3) is 0.0233. The minimum absolute atomic E-state index is 0.0239. The van der Waals surface area contributed by atoms with Crippen molar-refractivity contribution in [2.24, 2.45) is 0 Å². The molecule has 0 fully saturated rings. The van der Waals surface area contributed by atoms with Crippen LogP contribution >= 0.6 is 0 Å². The molecule has 3 nitrogen and oxygen atoms in total. The Balaban J connectivity index is 1.45. The minimum atomic E-state index is -0.0239. The van der Waals surface area contributed by atoms with Crippen molar-refractivity contribution < 1.29 is 0 Å². The van der Waals surface area contributed by atoms with Gasteiger partial charge in [0.25, 0.3) is 0 Å². The van der Waals surface area contributed by atoms with Crippen LogP contribution in [-0.4, -0.2) is 9.97 Å². The smallest absolute Gasteiger partial charge is 0.137 e. The molecule has 0 bridgehead atoms. The lowest BCUT2D eigenvalue weighted by atomic mass is 9.80. The van der Waals surface area contributed by atoms with Crippen LogP contribution in [0.2, 0.25) is 0 Å². The van der Waals surface area contributed by atoms with E-state index in [1.807, 2.05) is 24.5 Å². The fourth-order valence-corrected chi connectivity index (χ4v) is 7.31. The molecule has 0 N–H and O–H groups in total. The molecule has 0 aliphatic carbocycles. The molecule has 216 valence electrons. The second-order valence-electron chi connectivity index (χ2n) is 11.8. The first-order valence-corrected chi connectivity index (χ1v) is 15.7. The molecule has 0 saturated carbocycles. The normalized spacial score (nSPS) is 12.3. The van der Waals surface area contributed by atoms with E-state index in [2.05, 4.69) is 150 Å². The number of nitrogens with zero attached hydrogens (tertiary/aromatic N) is 3. The molecule has 9 rings (SSSR count). The highest BCUT2D eigenvalue weighted by molar-refractivity contribution is 6.37. The standard InChI is InChI=1S/C43H29N3/c1-3-13-29(14-4-1)39(36-19-9-11-27-44-36)35-25-23-30-21-22-31-24-26-37(43-34-18-8-7-17-33(34)42(35)40(30)41(31)43)46(32-15-5-2-6-16-32)38-20-10-12-28-45-38/h1-28,39H. The maximum Gasteiger partial charge on any atom is 0.137 e. The molecule has 0 amide bonds. The lowest BCUT2D eigenvalue weighted by Gasteiger charge is -2.28. The summed E-state index contributed by atoms with van der Waals surface area (Å²) in [5, 5.41) is 9.99. The van der Waals surface area contributed by atoms with Crippen molar-refractivity contribution in [2.75, 3.05) is 4.90 Å². The predicted octanol–water partition coefficient (Wildman–Crippen LogP) is 11.2. The van der Waals surface area contributed by atoms with Gasteiger partial charge in [-0.2, -0.15) is 0 Å². The van der Waals surface area contributed by atoms with Crippen LogP contribution in [0.1, 0.15) is 22.7 Å². The van der Waals surface area contributed by atoms with Crippen LogP contribution < -0.4 is 4.90 Å². The number of aromatic nitrogens is 2. The van der Waals surface area contributed by atoms with E-state index in [0.29, 0.717) is 0 Å². The number of pyridine rings is 2. The van der Waals surface area contributed by atoms with Gasteiger partial charge in [-0.05, 0) is 85.9 Å². The summed E-state index contributed by atoms with van der Waals surface area (Å²) in [6.07, 6.45) is 3.77. The number of fused-ring (bicyclic) bond motifs is 3. The Bertz CT molecular complexity index is 2210. The predicted molar refractivity (Wildman–Crippen MR) is 192 cm³/mol. The lowest BCUT2D eigenvalue weighted by molar-refractivity contribution is 0.928. The third-order valence-electron chi connectivity index (χ3n) is 9.20. The van der Waals surface area contributed by atoms with E-state index >= 15 is 0 Å². The van der Waals surface area contributed by atoms with Gasteiger partial charge in [0.05, 0.1) is 17.3 Å². The summed E-state index contributed by atoms with van der Waals surface area (Å²) in [7, 11) is 0. The molecule has 9 aromatic rings. The SMILES string of the molecule is c1ccc(C(c2ccccn2)c2ccc3ccc4ccc(N(c5ccccc5)c5ccccn5)c5c6ccccc6c2c3c45)cc1. The summed E-state index contributed by atoms with van der Waals surface area (Å²) in [5.41, 5.74) is 5.71. The van der Waals surface area contributed by atoms with Gasteiger partial charge in [-0.3, -0.25) is 9.88 Å². The molecule has 1 atom stereocenters. The largest absolute Gasteiger partial charge is 0.294 e. The number of hydrogen-bond donors (Lipinski definition) is 0. The van der Waals surface area contributed by atoms with Gasteiger partial charge in [0.1, 0.15) is 5.82 Å². The Morgan fingerprint density at radius 2 is 1.02 bits per heavy atom. The van der Waals surface area contributed by atoms with Gasteiger partial charge < -0.3 is 0 Å². The van der Waals surface area contributed by atoms with Gasteiger partial charge in [-0.1, -0.05) is 115 Å². The van der Waals surface area contributed by atoms with Gasteiger partial charge in [-0.25, -0.2) is 4.98 Å². The summed E-state index contributed by atoms with van der Waals surface area (Å²) >= 11 is 0. The van der Waals surface area contributed by atoms with Crippen LogP contribution in [0.4, 0.5) is 17.2 Å². The first-order chi connectivity index (χ1) is 22.9. The molecule has 0 radical (unpaired) electrons. The topological polar surface area (TPSA) is 29.0 Å². The van der Waals surface area contributed by atoms with Crippen molar-refractivity contribution in [1.29, 1.82) is 0 Å². The van der Waals surface area contributed by atoms with E-state index in [-0.39, 0.29) is 5.92 Å². The molecule has 0 spiro atoms. The molecule has 0 saturated heterocycles. The second kappa shape index (κ2) is 10.8. The van der Waals surface area contributed by atoms with Crippen LogP contribution in [0.15, 0.2) is 170 Å². The molecular weight excluding hydrogens is 558 g/mol. The van der Waals surface area contributed by atoms with E-state index in [0.717, 1.165) is 22.9 Å². The van der Waals surface area contributed by atoms with E-state index in [4.69, 9.17) is 9.97 Å². The Labute approximate surface area is 267 Å². The molecule has 46 heavy (non-hydrogen) atoms. The quantitative estimate of drug-likeness (QED) is 0.143. The molecule has 1 unspecified atom stereocenters. The first-order valence-electron chi connectivity index (χ1n) is 15.7. The zero-order valence-electron chi connectivity index (χ0n) is 25.1. The Kier molecular flexibility index (Phi) is 6.20. The maximum absolute atomic E-state index is 4.91. The summed E-state index contributed by atoms with van der Waals surface area (Å²) in [6, 6.07) is 56.3. The van der Waals surface area contributed by atoms with Crippen molar-refractivity contribution >= 4 is 60.3 Å². The second-order valence-corrected chi connectivity index (χ2v) is 11.8. The highest BCUT2D eigenvalue weighted by Crippen LogP contribution is 2.49. The highest BCUT2D eigenvalue weighted by Gasteiger charge is 2.26. The van der Waals surface area contributed by atoms with Crippen molar-refractivity contribution in [3.05, 3.63) is 187 Å². The molecular formula is C43H29N3. The van der Waals surface area contributed by atoms with Crippen molar-refractivity contribution in [3.8, 4) is 0 Å². The zero-order valence-corrected chi connectivity index (χ0v) is 25.1. The van der Waals surface area contributed by atoms with Gasteiger partial charge >= 0.3 is 0 Å². The Morgan fingerprint density at radius 1 is 0.435 bits per heavy atom. The van der Waals surface area contributed by atoms with Crippen LogP contribution in [0.5, 0.6) is 0 Å². The van der Waals surface area contributed by atoms with E-state index < -0.39 is 0 Å². The van der Waals surface area contributed by atoms with Crippen molar-refractivity contribution in [2.45, 2.75) is 5.92 Å². The summed E-state index contributed by atoms with van der Waals surface area (Å²) in [6.45, 7) is 0. The summed E-state index contributed by atoms with van der Waals surface area (Å²) in [4.78, 5) is 12.0. The lowest BCUT2D eigenvalue weighted by Crippen LogP contribution is -2.12. The molecule has 7 aromatic carbocycles. The van der Waals surface area contributed by atoms with Crippen molar-refractivity contribution in [1.82, 2.24) is 9.97 Å². The van der Waals surface area contributed by atoms with Gasteiger partial charge in [0.15, 0.2) is 0 Å². The first kappa shape index (κ1) is 26.4. The third kappa shape index (κ3) is 4.13. The van der Waals surface area contributed by atoms with E-state index in [9.17, 15) is 0 Å². The van der Waals surface area contributed by atoms with Crippen molar-refractivity contribution in [3.63, 3.8) is 0 Å². The molecule has 3 heteroatoms. The average molecular weight is 588 g/mol. The number of benzene rings is 7. The minimum Gasteiger partial charge on any atom is -0.294 e. The number of hydrogen-bond acceptors (Lipinski definition) is 3. The third-order valence-corrected chi connectivity index (χ3v) is 9.20. The number of rotatable bonds is 6. The van der Waals surface area contributed by atoms with E-state index in [1.165, 1.54) is 54.2 Å². The Morgan fingerprint density at radius 3 is 1.72 bits per heavy atom. The van der Waals surface area contributed by atoms with Crippen LogP contribution in [0.3, 0.4) is 0 Å². The number of para-hydroxylation sites is 1. The molecule has 0 aliphatic heterocycles. The van der Waals surface area contributed by atoms with Gasteiger partial charge in [0.2, 0.25) is 0 Å². The summed E-state index contributed by atoms with van der Waals surface area (Å²) < 4.78 is 0. The molecule has 2 aromatic heterocycles.